The Morgan fingerprint density at radius 3 is 2.62 bits per heavy atom. The Kier molecular flexibility index (Phi) is 6.52. The summed E-state index contributed by atoms with van der Waals surface area (Å²) in [6.45, 7) is 5.76. The van der Waals surface area contributed by atoms with Crippen LogP contribution in [0.2, 0.25) is 5.02 Å². The Labute approximate surface area is 174 Å². The van der Waals surface area contributed by atoms with Gasteiger partial charge < -0.3 is 15.4 Å². The zero-order valence-corrected chi connectivity index (χ0v) is 16.7. The summed E-state index contributed by atoms with van der Waals surface area (Å²) in [5.41, 5.74) is 2.19. The van der Waals surface area contributed by atoms with Gasteiger partial charge in [-0.15, -0.1) is 6.58 Å². The quantitative estimate of drug-likeness (QED) is 0.558. The van der Waals surface area contributed by atoms with Crippen LogP contribution in [0.1, 0.15) is 22.8 Å². The predicted octanol–water partition coefficient (Wildman–Crippen LogP) is 4.12. The van der Waals surface area contributed by atoms with Crippen LogP contribution in [0.4, 0.5) is 0 Å². The number of carbonyl (C=O) groups is 2. The largest absolute Gasteiger partial charge is 0.485 e. The van der Waals surface area contributed by atoms with E-state index in [1.54, 1.807) is 36.4 Å². The number of rotatable bonds is 6. The fourth-order valence-electron chi connectivity index (χ4n) is 2.80. The van der Waals surface area contributed by atoms with Gasteiger partial charge in [-0.2, -0.15) is 0 Å². The molecule has 0 spiro atoms. The van der Waals surface area contributed by atoms with Gasteiger partial charge in [0.15, 0.2) is 0 Å². The van der Waals surface area contributed by atoms with E-state index in [1.807, 2.05) is 37.3 Å². The van der Waals surface area contributed by atoms with Crippen LogP contribution in [0, 0.1) is 0 Å². The van der Waals surface area contributed by atoms with Gasteiger partial charge in [0.05, 0.1) is 0 Å². The van der Waals surface area contributed by atoms with Crippen LogP contribution in [0.25, 0.3) is 6.08 Å². The lowest BCUT2D eigenvalue weighted by Crippen LogP contribution is -2.35. The van der Waals surface area contributed by atoms with Gasteiger partial charge in [0, 0.05) is 22.7 Å². The van der Waals surface area contributed by atoms with E-state index in [1.165, 1.54) is 0 Å². The van der Waals surface area contributed by atoms with Crippen molar-refractivity contribution in [2.45, 2.75) is 13.0 Å². The van der Waals surface area contributed by atoms with Crippen LogP contribution < -0.4 is 15.4 Å². The molecule has 0 saturated carbocycles. The topological polar surface area (TPSA) is 67.4 Å². The van der Waals surface area contributed by atoms with Gasteiger partial charge in [-0.05, 0) is 55.0 Å². The van der Waals surface area contributed by atoms with E-state index in [-0.39, 0.29) is 18.3 Å². The van der Waals surface area contributed by atoms with E-state index < -0.39 is 11.8 Å². The molecule has 0 fully saturated rings. The molecular weight excluding hydrogens is 388 g/mol. The van der Waals surface area contributed by atoms with Crippen molar-refractivity contribution in [2.24, 2.45) is 0 Å². The maximum absolute atomic E-state index is 12.6. The highest BCUT2D eigenvalue weighted by Gasteiger charge is 2.20. The highest BCUT2D eigenvalue weighted by molar-refractivity contribution is 6.30. The molecule has 1 atom stereocenters. The van der Waals surface area contributed by atoms with Gasteiger partial charge in [0.2, 0.25) is 0 Å². The van der Waals surface area contributed by atoms with Gasteiger partial charge >= 0.3 is 0 Å². The van der Waals surface area contributed by atoms with E-state index in [0.29, 0.717) is 10.6 Å². The molecule has 3 rings (SSSR count). The summed E-state index contributed by atoms with van der Waals surface area (Å²) in [6.07, 6.45) is 4.86. The van der Waals surface area contributed by atoms with Crippen LogP contribution in [-0.4, -0.2) is 24.5 Å². The summed E-state index contributed by atoms with van der Waals surface area (Å²) in [7, 11) is 0. The Hall–Kier alpha value is -3.31. The molecule has 6 heteroatoms. The molecule has 0 saturated heterocycles. The van der Waals surface area contributed by atoms with Gasteiger partial charge in [0.25, 0.3) is 11.8 Å². The van der Waals surface area contributed by atoms with Crippen molar-refractivity contribution < 1.29 is 14.3 Å². The lowest BCUT2D eigenvalue weighted by atomic mass is 10.0. The highest BCUT2D eigenvalue weighted by atomic mass is 35.5. The summed E-state index contributed by atoms with van der Waals surface area (Å²) in [6, 6.07) is 14.1. The lowest BCUT2D eigenvalue weighted by Gasteiger charge is -2.23. The zero-order valence-electron chi connectivity index (χ0n) is 15.9. The summed E-state index contributed by atoms with van der Waals surface area (Å²) in [4.78, 5) is 25.2. The maximum Gasteiger partial charge on any atom is 0.268 e. The number of halogens is 1. The maximum atomic E-state index is 12.6. The van der Waals surface area contributed by atoms with Gasteiger partial charge in [0.1, 0.15) is 17.6 Å². The normalized spacial score (nSPS) is 15.4. The minimum absolute atomic E-state index is 0.118. The van der Waals surface area contributed by atoms with Crippen molar-refractivity contribution in [2.75, 3.05) is 6.54 Å². The second-order valence-corrected chi connectivity index (χ2v) is 6.90. The van der Waals surface area contributed by atoms with Crippen LogP contribution in [0.15, 0.2) is 78.5 Å². The van der Waals surface area contributed by atoms with E-state index in [4.69, 9.17) is 16.3 Å². The number of para-hydroxylation sites is 1. The monoisotopic (exact) mass is 408 g/mol. The number of ether oxygens (including phenoxy) is 1. The Morgan fingerprint density at radius 1 is 1.17 bits per heavy atom. The second kappa shape index (κ2) is 9.26. The molecule has 2 amide bonds. The van der Waals surface area contributed by atoms with Gasteiger partial charge in [-0.3, -0.25) is 9.59 Å². The first kappa shape index (κ1) is 20.4. The molecule has 1 aliphatic heterocycles. The standard InChI is InChI=1S/C23H21ClN2O3/c1-3-12-25-23(28)20(26-22(27)16-8-10-19(24)11-9-16)14-18-13-17-6-4-5-7-21(17)29-15(18)2/h3-11,13-15H,1,12H2,2H3,(H,25,28)(H,26,27). The van der Waals surface area contributed by atoms with Crippen LogP contribution >= 0.6 is 11.6 Å². The summed E-state index contributed by atoms with van der Waals surface area (Å²) in [5.74, 6) is -0.0498. The van der Waals surface area contributed by atoms with E-state index in [9.17, 15) is 9.59 Å². The van der Waals surface area contributed by atoms with Crippen molar-refractivity contribution in [3.05, 3.63) is 94.7 Å². The van der Waals surface area contributed by atoms with Crippen molar-refractivity contribution in [1.29, 1.82) is 0 Å². The molecule has 1 aliphatic rings. The fourth-order valence-corrected chi connectivity index (χ4v) is 2.93. The number of fused-ring (bicyclic) bond motifs is 1. The van der Waals surface area contributed by atoms with Crippen LogP contribution in [0.5, 0.6) is 5.75 Å². The first-order valence-electron chi connectivity index (χ1n) is 9.13. The molecule has 5 nitrogen and oxygen atoms in total. The van der Waals surface area contributed by atoms with Crippen LogP contribution in [0.3, 0.4) is 0 Å². The van der Waals surface area contributed by atoms with Crippen LogP contribution in [-0.2, 0) is 4.79 Å². The van der Waals surface area contributed by atoms with E-state index in [2.05, 4.69) is 17.2 Å². The van der Waals surface area contributed by atoms with Gasteiger partial charge in [-0.25, -0.2) is 0 Å². The highest BCUT2D eigenvalue weighted by Crippen LogP contribution is 2.30. The van der Waals surface area contributed by atoms with Gasteiger partial charge in [-0.1, -0.05) is 35.9 Å². The Bertz CT molecular complexity index is 993. The van der Waals surface area contributed by atoms with Crippen molar-refractivity contribution in [3.8, 4) is 5.75 Å². The molecule has 0 radical (unpaired) electrons. The van der Waals surface area contributed by atoms with Crippen molar-refractivity contribution in [3.63, 3.8) is 0 Å². The Morgan fingerprint density at radius 2 is 1.90 bits per heavy atom. The first-order valence-corrected chi connectivity index (χ1v) is 9.50. The van der Waals surface area contributed by atoms with E-state index >= 15 is 0 Å². The number of hydrogen-bond donors (Lipinski definition) is 2. The zero-order chi connectivity index (χ0) is 20.8. The molecule has 0 aromatic heterocycles. The summed E-state index contributed by atoms with van der Waals surface area (Å²) < 4.78 is 5.92. The second-order valence-electron chi connectivity index (χ2n) is 6.46. The molecule has 1 unspecified atom stereocenters. The fraction of sp³-hybridized carbons (Fsp3) is 0.130. The number of amides is 2. The smallest absolute Gasteiger partial charge is 0.268 e. The van der Waals surface area contributed by atoms with E-state index in [0.717, 1.165) is 16.9 Å². The third-order valence-electron chi connectivity index (χ3n) is 4.33. The number of nitrogens with one attached hydrogen (secondary N) is 2. The molecule has 2 N–H and O–H groups in total. The molecular formula is C23H21ClN2O3. The minimum atomic E-state index is -0.417. The third kappa shape index (κ3) is 5.15. The Balaban J connectivity index is 1.91. The molecule has 0 bridgehead atoms. The molecule has 2 aromatic carbocycles. The average molecular weight is 409 g/mol. The first-order chi connectivity index (χ1) is 14.0. The molecule has 0 aliphatic carbocycles. The SMILES string of the molecule is C=CCNC(=O)C(=CC1=Cc2ccccc2OC1C)NC(=O)c1ccc(Cl)cc1. The van der Waals surface area contributed by atoms with Crippen molar-refractivity contribution >= 4 is 29.5 Å². The lowest BCUT2D eigenvalue weighted by molar-refractivity contribution is -0.117. The predicted molar refractivity (Wildman–Crippen MR) is 115 cm³/mol. The van der Waals surface area contributed by atoms with Crippen molar-refractivity contribution in [1.82, 2.24) is 10.6 Å². The molecule has 2 aromatic rings. The third-order valence-corrected chi connectivity index (χ3v) is 4.58. The number of carbonyl (C=O) groups excluding carboxylic acids is 2. The minimum Gasteiger partial charge on any atom is -0.485 e. The molecule has 29 heavy (non-hydrogen) atoms. The number of benzene rings is 2. The average Bonchev–Trinajstić information content (AvgIpc) is 2.72. The number of hydrogen-bond acceptors (Lipinski definition) is 3. The summed E-state index contributed by atoms with van der Waals surface area (Å²) >= 11 is 5.88. The summed E-state index contributed by atoms with van der Waals surface area (Å²) in [5, 5.41) is 5.91. The molecule has 1 heterocycles. The molecule has 148 valence electrons.